The van der Waals surface area contributed by atoms with Crippen LogP contribution in [0.4, 0.5) is 0 Å². The number of hydrogen-bond donors (Lipinski definition) is 2. The van der Waals surface area contributed by atoms with Crippen LogP contribution in [0.3, 0.4) is 0 Å². The van der Waals surface area contributed by atoms with Gasteiger partial charge in [0.1, 0.15) is 5.82 Å². The molecule has 2 aliphatic rings. The monoisotopic (exact) mass is 278 g/mol. The Balaban J connectivity index is 1.56. The lowest BCUT2D eigenvalue weighted by molar-refractivity contribution is 0.0431. The van der Waals surface area contributed by atoms with Gasteiger partial charge in [-0.25, -0.2) is 4.98 Å². The zero-order valence-electron chi connectivity index (χ0n) is 12.5. The SMILES string of the molecule is CC(C)(O)CN1CC[C@@H](NC2CCCn3ccnc32)C1. The Morgan fingerprint density at radius 1 is 1.40 bits per heavy atom. The van der Waals surface area contributed by atoms with Crippen LogP contribution in [0.2, 0.25) is 0 Å². The quantitative estimate of drug-likeness (QED) is 0.867. The van der Waals surface area contributed by atoms with Crippen molar-refractivity contribution in [3.63, 3.8) is 0 Å². The average molecular weight is 278 g/mol. The summed E-state index contributed by atoms with van der Waals surface area (Å²) in [6.07, 6.45) is 7.55. The molecule has 2 N–H and O–H groups in total. The van der Waals surface area contributed by atoms with E-state index in [0.717, 1.165) is 32.6 Å². The summed E-state index contributed by atoms with van der Waals surface area (Å²) in [7, 11) is 0. The van der Waals surface area contributed by atoms with Crippen LogP contribution in [0, 0.1) is 0 Å². The van der Waals surface area contributed by atoms with Crippen molar-refractivity contribution < 1.29 is 5.11 Å². The van der Waals surface area contributed by atoms with Crippen LogP contribution in [0.5, 0.6) is 0 Å². The molecule has 5 heteroatoms. The van der Waals surface area contributed by atoms with Gasteiger partial charge in [0.25, 0.3) is 0 Å². The molecule has 2 aliphatic heterocycles. The third kappa shape index (κ3) is 3.22. The van der Waals surface area contributed by atoms with E-state index in [9.17, 15) is 5.11 Å². The van der Waals surface area contributed by atoms with E-state index in [1.54, 1.807) is 0 Å². The van der Waals surface area contributed by atoms with Gasteiger partial charge < -0.3 is 15.0 Å². The van der Waals surface area contributed by atoms with Gasteiger partial charge in [0.05, 0.1) is 11.6 Å². The van der Waals surface area contributed by atoms with Crippen molar-refractivity contribution in [3.05, 3.63) is 18.2 Å². The van der Waals surface area contributed by atoms with Crippen molar-refractivity contribution in [1.29, 1.82) is 0 Å². The third-order valence-corrected chi connectivity index (χ3v) is 4.27. The standard InChI is InChI=1S/C15H26N4O/c1-15(2,20)11-18-8-5-12(10-18)17-13-4-3-7-19-9-6-16-14(13)19/h6,9,12-13,17,20H,3-5,7-8,10-11H2,1-2H3/t12-,13?/m1/s1. The van der Waals surface area contributed by atoms with E-state index < -0.39 is 5.60 Å². The summed E-state index contributed by atoms with van der Waals surface area (Å²) in [5, 5.41) is 13.7. The molecular weight excluding hydrogens is 252 g/mol. The number of likely N-dealkylation sites (tertiary alicyclic amines) is 1. The lowest BCUT2D eigenvalue weighted by atomic mass is 10.1. The lowest BCUT2D eigenvalue weighted by Gasteiger charge is -2.28. The fourth-order valence-electron chi connectivity index (χ4n) is 3.52. The molecule has 2 atom stereocenters. The normalized spacial score (nSPS) is 27.8. The summed E-state index contributed by atoms with van der Waals surface area (Å²) in [5.41, 5.74) is -0.601. The van der Waals surface area contributed by atoms with E-state index in [1.807, 2.05) is 20.0 Å². The van der Waals surface area contributed by atoms with Gasteiger partial charge in [-0.3, -0.25) is 4.90 Å². The molecule has 0 amide bonds. The van der Waals surface area contributed by atoms with Gasteiger partial charge in [-0.2, -0.15) is 0 Å². The van der Waals surface area contributed by atoms with Gasteiger partial charge >= 0.3 is 0 Å². The van der Waals surface area contributed by atoms with E-state index in [4.69, 9.17) is 0 Å². The Labute approximate surface area is 121 Å². The second-order valence-corrected chi connectivity index (χ2v) is 6.87. The first-order chi connectivity index (χ1) is 9.51. The molecule has 0 radical (unpaired) electrons. The smallest absolute Gasteiger partial charge is 0.125 e. The second-order valence-electron chi connectivity index (χ2n) is 6.87. The maximum Gasteiger partial charge on any atom is 0.125 e. The zero-order valence-corrected chi connectivity index (χ0v) is 12.5. The van der Waals surface area contributed by atoms with E-state index in [0.29, 0.717) is 12.1 Å². The summed E-state index contributed by atoms with van der Waals surface area (Å²) in [6.45, 7) is 7.72. The average Bonchev–Trinajstić information content (AvgIpc) is 2.96. The summed E-state index contributed by atoms with van der Waals surface area (Å²) in [5.74, 6) is 1.19. The minimum absolute atomic E-state index is 0.394. The molecule has 3 heterocycles. The van der Waals surface area contributed by atoms with Gasteiger partial charge in [0, 0.05) is 38.1 Å². The predicted octanol–water partition coefficient (Wildman–Crippen LogP) is 1.15. The minimum Gasteiger partial charge on any atom is -0.389 e. The highest BCUT2D eigenvalue weighted by molar-refractivity contribution is 5.03. The molecule has 5 nitrogen and oxygen atoms in total. The Bertz CT molecular complexity index is 451. The maximum atomic E-state index is 9.91. The number of nitrogens with one attached hydrogen (secondary N) is 1. The van der Waals surface area contributed by atoms with Gasteiger partial charge in [0.2, 0.25) is 0 Å². The highest BCUT2D eigenvalue weighted by Crippen LogP contribution is 2.25. The highest BCUT2D eigenvalue weighted by Gasteiger charge is 2.30. The topological polar surface area (TPSA) is 53.3 Å². The van der Waals surface area contributed by atoms with E-state index in [-0.39, 0.29) is 0 Å². The van der Waals surface area contributed by atoms with Crippen LogP contribution in [0.1, 0.15) is 45.0 Å². The molecule has 1 saturated heterocycles. The van der Waals surface area contributed by atoms with Crippen LogP contribution in [-0.4, -0.2) is 50.8 Å². The number of nitrogens with zero attached hydrogens (tertiary/aromatic N) is 3. The number of aromatic nitrogens is 2. The van der Waals surface area contributed by atoms with Gasteiger partial charge in [-0.05, 0) is 39.7 Å². The number of β-amino-alcohol motifs (C(OH)–C–C–N with tert-alkyl or cyclic N) is 1. The van der Waals surface area contributed by atoms with Gasteiger partial charge in [0.15, 0.2) is 0 Å². The Morgan fingerprint density at radius 3 is 3.05 bits per heavy atom. The summed E-state index contributed by atoms with van der Waals surface area (Å²) < 4.78 is 2.27. The molecular formula is C15H26N4O. The Hall–Kier alpha value is -0.910. The number of aliphatic hydroxyl groups is 1. The molecule has 112 valence electrons. The van der Waals surface area contributed by atoms with E-state index >= 15 is 0 Å². The molecule has 0 bridgehead atoms. The summed E-state index contributed by atoms with van der Waals surface area (Å²) >= 11 is 0. The van der Waals surface area contributed by atoms with Crippen molar-refractivity contribution in [1.82, 2.24) is 19.8 Å². The largest absolute Gasteiger partial charge is 0.389 e. The summed E-state index contributed by atoms with van der Waals surface area (Å²) in [4.78, 5) is 6.86. The van der Waals surface area contributed by atoms with Crippen molar-refractivity contribution in [2.24, 2.45) is 0 Å². The van der Waals surface area contributed by atoms with Gasteiger partial charge in [-0.15, -0.1) is 0 Å². The number of aryl methyl sites for hydroxylation is 1. The molecule has 1 aromatic heterocycles. The van der Waals surface area contributed by atoms with Crippen molar-refractivity contribution >= 4 is 0 Å². The summed E-state index contributed by atoms with van der Waals surface area (Å²) in [6, 6.07) is 0.913. The number of imidazole rings is 1. The number of fused-ring (bicyclic) bond motifs is 1. The van der Waals surface area contributed by atoms with Crippen LogP contribution < -0.4 is 5.32 Å². The van der Waals surface area contributed by atoms with E-state index in [1.165, 1.54) is 18.7 Å². The molecule has 1 aromatic rings. The van der Waals surface area contributed by atoms with Gasteiger partial charge in [-0.1, -0.05) is 0 Å². The maximum absolute atomic E-state index is 9.91. The fraction of sp³-hybridized carbons (Fsp3) is 0.800. The third-order valence-electron chi connectivity index (χ3n) is 4.27. The molecule has 0 saturated carbocycles. The molecule has 20 heavy (non-hydrogen) atoms. The number of rotatable bonds is 4. The Morgan fingerprint density at radius 2 is 2.25 bits per heavy atom. The predicted molar refractivity (Wildman–Crippen MR) is 78.5 cm³/mol. The fourth-order valence-corrected chi connectivity index (χ4v) is 3.52. The zero-order chi connectivity index (χ0) is 14.2. The molecule has 1 fully saturated rings. The first kappa shape index (κ1) is 14.0. The molecule has 0 spiro atoms. The number of hydrogen-bond acceptors (Lipinski definition) is 4. The molecule has 0 aliphatic carbocycles. The van der Waals surface area contributed by atoms with Crippen molar-refractivity contribution in [2.45, 2.75) is 57.3 Å². The Kier molecular flexibility index (Phi) is 3.84. The first-order valence-corrected chi connectivity index (χ1v) is 7.73. The van der Waals surface area contributed by atoms with Crippen molar-refractivity contribution in [2.75, 3.05) is 19.6 Å². The van der Waals surface area contributed by atoms with E-state index in [2.05, 4.69) is 26.0 Å². The molecule has 1 unspecified atom stereocenters. The first-order valence-electron chi connectivity index (χ1n) is 7.73. The minimum atomic E-state index is -0.601. The van der Waals surface area contributed by atoms with Crippen LogP contribution >= 0.6 is 0 Å². The second kappa shape index (κ2) is 5.47. The molecule has 0 aromatic carbocycles. The molecule has 3 rings (SSSR count). The van der Waals surface area contributed by atoms with Crippen LogP contribution in [0.25, 0.3) is 0 Å². The van der Waals surface area contributed by atoms with Crippen LogP contribution in [0.15, 0.2) is 12.4 Å². The highest BCUT2D eigenvalue weighted by atomic mass is 16.3. The van der Waals surface area contributed by atoms with Crippen LogP contribution in [-0.2, 0) is 6.54 Å². The lowest BCUT2D eigenvalue weighted by Crippen LogP contribution is -2.41. The van der Waals surface area contributed by atoms with Crippen molar-refractivity contribution in [3.8, 4) is 0 Å².